The number of ether oxygens (including phenoxy) is 2. The second-order valence-corrected chi connectivity index (χ2v) is 9.91. The molecule has 0 aromatic heterocycles. The van der Waals surface area contributed by atoms with Gasteiger partial charge in [-0.25, -0.2) is 8.42 Å². The van der Waals surface area contributed by atoms with Crippen molar-refractivity contribution in [1.29, 1.82) is 0 Å². The lowest BCUT2D eigenvalue weighted by Crippen LogP contribution is -2.37. The number of anilines is 1. The Morgan fingerprint density at radius 1 is 1.00 bits per heavy atom. The van der Waals surface area contributed by atoms with Crippen molar-refractivity contribution in [3.63, 3.8) is 0 Å². The van der Waals surface area contributed by atoms with Gasteiger partial charge in [-0.05, 0) is 54.1 Å². The van der Waals surface area contributed by atoms with Gasteiger partial charge in [0.15, 0.2) is 5.75 Å². The highest BCUT2D eigenvalue weighted by Gasteiger charge is 2.22. The highest BCUT2D eigenvalue weighted by molar-refractivity contribution is 7.88. The first-order chi connectivity index (χ1) is 15.7. The fourth-order valence-corrected chi connectivity index (χ4v) is 4.01. The third kappa shape index (κ3) is 7.10. The van der Waals surface area contributed by atoms with Gasteiger partial charge in [0.2, 0.25) is 15.9 Å². The summed E-state index contributed by atoms with van der Waals surface area (Å²) in [7, 11) is -2.13. The Labute approximate surface area is 202 Å². The fraction of sp³-hybridized carbons (Fsp3) is 0.174. The highest BCUT2D eigenvalue weighted by Crippen LogP contribution is 2.33. The molecule has 0 saturated carbocycles. The quantitative estimate of drug-likeness (QED) is 0.429. The number of nitrogens with zero attached hydrogens (tertiary/aromatic N) is 1. The van der Waals surface area contributed by atoms with Crippen LogP contribution in [0.3, 0.4) is 0 Å². The van der Waals surface area contributed by atoms with Gasteiger partial charge in [-0.2, -0.15) is 4.31 Å². The molecule has 0 bridgehead atoms. The lowest BCUT2D eigenvalue weighted by molar-refractivity contribution is -0.116. The van der Waals surface area contributed by atoms with Crippen LogP contribution >= 0.6 is 23.2 Å². The van der Waals surface area contributed by atoms with Crippen molar-refractivity contribution in [3.8, 4) is 17.2 Å². The van der Waals surface area contributed by atoms with Crippen molar-refractivity contribution < 1.29 is 22.7 Å². The molecular weight excluding hydrogens is 487 g/mol. The van der Waals surface area contributed by atoms with Gasteiger partial charge < -0.3 is 14.8 Å². The molecule has 0 unspecified atom stereocenters. The van der Waals surface area contributed by atoms with Gasteiger partial charge in [0.25, 0.3) is 0 Å². The van der Waals surface area contributed by atoms with E-state index in [-0.39, 0.29) is 6.54 Å². The Bertz CT molecular complexity index is 1230. The van der Waals surface area contributed by atoms with Crippen molar-refractivity contribution in [3.05, 3.63) is 82.3 Å². The summed E-state index contributed by atoms with van der Waals surface area (Å²) in [5.74, 6) is 0.973. The zero-order valence-corrected chi connectivity index (χ0v) is 20.2. The van der Waals surface area contributed by atoms with E-state index in [1.54, 1.807) is 67.8 Å². The van der Waals surface area contributed by atoms with E-state index in [2.05, 4.69) is 5.32 Å². The van der Waals surface area contributed by atoms with Crippen molar-refractivity contribution in [2.75, 3.05) is 25.2 Å². The smallest absolute Gasteiger partial charge is 0.239 e. The van der Waals surface area contributed by atoms with E-state index < -0.39 is 22.5 Å². The molecule has 3 rings (SSSR count). The monoisotopic (exact) mass is 508 g/mol. The van der Waals surface area contributed by atoms with Crippen LogP contribution in [0.15, 0.2) is 66.7 Å². The van der Waals surface area contributed by atoms with Crippen molar-refractivity contribution >= 4 is 44.8 Å². The average Bonchev–Trinajstić information content (AvgIpc) is 2.76. The Hall–Kier alpha value is -2.78. The van der Waals surface area contributed by atoms with E-state index in [0.29, 0.717) is 38.5 Å². The van der Waals surface area contributed by atoms with Crippen LogP contribution in [-0.4, -0.2) is 38.5 Å². The molecule has 0 radical (unpaired) electrons. The second kappa shape index (κ2) is 10.9. The number of carbonyl (C=O) groups is 1. The topological polar surface area (TPSA) is 84.9 Å². The molecule has 10 heteroatoms. The Kier molecular flexibility index (Phi) is 8.20. The number of carbonyl (C=O) groups excluding carboxylic acids is 1. The maximum Gasteiger partial charge on any atom is 0.239 e. The molecule has 174 valence electrons. The molecule has 0 fully saturated rings. The SMILES string of the molecule is COc1ccc(Oc2ccc(Cl)cc2NC(=O)CN(Cc2ccccc2Cl)S(C)(=O)=O)cc1. The van der Waals surface area contributed by atoms with Crippen LogP contribution in [0.4, 0.5) is 5.69 Å². The summed E-state index contributed by atoms with van der Waals surface area (Å²) in [6.07, 6.45) is 1.04. The maximum absolute atomic E-state index is 12.8. The van der Waals surface area contributed by atoms with Crippen LogP contribution in [0, 0.1) is 0 Å². The number of hydrogen-bond acceptors (Lipinski definition) is 5. The predicted molar refractivity (Wildman–Crippen MR) is 130 cm³/mol. The molecule has 0 atom stereocenters. The Balaban J connectivity index is 1.77. The molecule has 0 heterocycles. The molecular formula is C23H22Cl2N2O5S. The minimum absolute atomic E-state index is 0.0450. The zero-order chi connectivity index (χ0) is 24.0. The third-order valence-electron chi connectivity index (χ3n) is 4.60. The van der Waals surface area contributed by atoms with E-state index in [0.717, 1.165) is 10.6 Å². The maximum atomic E-state index is 12.8. The third-order valence-corrected chi connectivity index (χ3v) is 6.40. The molecule has 1 N–H and O–H groups in total. The minimum Gasteiger partial charge on any atom is -0.497 e. The van der Waals surface area contributed by atoms with Gasteiger partial charge in [-0.15, -0.1) is 0 Å². The second-order valence-electron chi connectivity index (χ2n) is 7.09. The summed E-state index contributed by atoms with van der Waals surface area (Å²) in [5.41, 5.74) is 0.887. The summed E-state index contributed by atoms with van der Waals surface area (Å²) in [6.45, 7) is -0.463. The van der Waals surface area contributed by atoms with E-state index in [1.807, 2.05) is 0 Å². The summed E-state index contributed by atoms with van der Waals surface area (Å²) < 4.78 is 36.6. The standard InChI is InChI=1S/C23H22Cl2N2O5S/c1-31-18-8-10-19(11-9-18)32-22-12-7-17(24)13-21(22)26-23(28)15-27(33(2,29)30)14-16-5-3-4-6-20(16)25/h3-13H,14-15H2,1-2H3,(H,26,28). The number of halogens is 2. The first-order valence-electron chi connectivity index (χ1n) is 9.75. The summed E-state index contributed by atoms with van der Waals surface area (Å²) in [5, 5.41) is 3.48. The number of methoxy groups -OCH3 is 1. The van der Waals surface area contributed by atoms with Gasteiger partial charge in [-0.3, -0.25) is 4.79 Å². The molecule has 0 spiro atoms. The van der Waals surface area contributed by atoms with E-state index >= 15 is 0 Å². The van der Waals surface area contributed by atoms with Gasteiger partial charge in [0.1, 0.15) is 11.5 Å². The molecule has 3 aromatic rings. The first-order valence-corrected chi connectivity index (χ1v) is 12.4. The first kappa shape index (κ1) is 24.9. The molecule has 1 amide bonds. The lowest BCUT2D eigenvalue weighted by atomic mass is 10.2. The fourth-order valence-electron chi connectivity index (χ4n) is 2.92. The number of sulfonamides is 1. The molecule has 0 saturated heterocycles. The zero-order valence-electron chi connectivity index (χ0n) is 17.9. The van der Waals surface area contributed by atoms with Gasteiger partial charge in [0.05, 0.1) is 25.6 Å². The van der Waals surface area contributed by atoms with Crippen LogP contribution in [0.1, 0.15) is 5.56 Å². The van der Waals surface area contributed by atoms with E-state index in [4.69, 9.17) is 32.7 Å². The van der Waals surface area contributed by atoms with E-state index in [9.17, 15) is 13.2 Å². The number of nitrogens with one attached hydrogen (secondary N) is 1. The minimum atomic E-state index is -3.70. The Morgan fingerprint density at radius 2 is 1.67 bits per heavy atom. The number of rotatable bonds is 9. The average molecular weight is 509 g/mol. The largest absolute Gasteiger partial charge is 0.497 e. The van der Waals surface area contributed by atoms with Crippen LogP contribution < -0.4 is 14.8 Å². The normalized spacial score (nSPS) is 11.3. The molecule has 7 nitrogen and oxygen atoms in total. The summed E-state index contributed by atoms with van der Waals surface area (Å²) in [4.78, 5) is 12.8. The van der Waals surface area contributed by atoms with Gasteiger partial charge >= 0.3 is 0 Å². The molecule has 3 aromatic carbocycles. The summed E-state index contributed by atoms with van der Waals surface area (Å²) >= 11 is 12.3. The van der Waals surface area contributed by atoms with E-state index in [1.165, 1.54) is 6.07 Å². The summed E-state index contributed by atoms with van der Waals surface area (Å²) in [6, 6.07) is 18.5. The number of benzene rings is 3. The van der Waals surface area contributed by atoms with Crippen LogP contribution in [0.25, 0.3) is 0 Å². The van der Waals surface area contributed by atoms with Crippen LogP contribution in [-0.2, 0) is 21.4 Å². The molecule has 0 aliphatic rings. The van der Waals surface area contributed by atoms with Gasteiger partial charge in [0, 0.05) is 16.6 Å². The number of hydrogen-bond donors (Lipinski definition) is 1. The van der Waals surface area contributed by atoms with Crippen molar-refractivity contribution in [2.24, 2.45) is 0 Å². The molecule has 33 heavy (non-hydrogen) atoms. The van der Waals surface area contributed by atoms with Gasteiger partial charge in [-0.1, -0.05) is 41.4 Å². The van der Waals surface area contributed by atoms with Crippen molar-refractivity contribution in [2.45, 2.75) is 6.54 Å². The predicted octanol–water partition coefficient (Wildman–Crippen LogP) is 5.19. The van der Waals surface area contributed by atoms with Crippen molar-refractivity contribution in [1.82, 2.24) is 4.31 Å². The number of amides is 1. The van der Waals surface area contributed by atoms with Crippen LogP contribution in [0.5, 0.6) is 17.2 Å². The highest BCUT2D eigenvalue weighted by atomic mass is 35.5. The molecule has 0 aliphatic carbocycles. The Morgan fingerprint density at radius 3 is 2.30 bits per heavy atom. The lowest BCUT2D eigenvalue weighted by Gasteiger charge is -2.21. The van der Waals surface area contributed by atoms with Crippen LogP contribution in [0.2, 0.25) is 10.0 Å². The molecule has 0 aliphatic heterocycles.